The van der Waals surface area contributed by atoms with Gasteiger partial charge in [-0.05, 0) is 41.8 Å². The molecule has 1 nitrogen and oxygen atoms in total. The third-order valence-corrected chi connectivity index (χ3v) is 2.94. The molecule has 100 valence electrons. The van der Waals surface area contributed by atoms with E-state index in [4.69, 9.17) is 5.73 Å². The molecule has 0 atom stereocenters. The number of hydrogen-bond donors (Lipinski definition) is 1. The van der Waals surface area contributed by atoms with E-state index < -0.39 is 11.7 Å². The maximum Gasteiger partial charge on any atom is 0.416 e. The van der Waals surface area contributed by atoms with Crippen LogP contribution in [0.4, 0.5) is 13.2 Å². The summed E-state index contributed by atoms with van der Waals surface area (Å²) in [6.45, 7) is 2.02. The second-order valence-electron chi connectivity index (χ2n) is 4.49. The average molecular weight is 265 g/mol. The maximum atomic E-state index is 12.8. The van der Waals surface area contributed by atoms with Gasteiger partial charge in [0.1, 0.15) is 0 Å². The summed E-state index contributed by atoms with van der Waals surface area (Å²) < 4.78 is 38.5. The standard InChI is InChI=1S/C15H14F3N/c1-10-2-4-12(5-3-10)13-6-11(9-19)7-14(8-13)15(16,17)18/h2-8H,9,19H2,1H3. The van der Waals surface area contributed by atoms with E-state index in [0.29, 0.717) is 11.1 Å². The fourth-order valence-electron chi connectivity index (χ4n) is 1.89. The fraction of sp³-hybridized carbons (Fsp3) is 0.200. The van der Waals surface area contributed by atoms with Gasteiger partial charge in [-0.2, -0.15) is 13.2 Å². The molecule has 0 aromatic heterocycles. The molecule has 2 aromatic carbocycles. The quantitative estimate of drug-likeness (QED) is 0.867. The van der Waals surface area contributed by atoms with Crippen LogP contribution in [0.2, 0.25) is 0 Å². The predicted molar refractivity (Wildman–Crippen MR) is 69.5 cm³/mol. The first-order chi connectivity index (χ1) is 8.90. The van der Waals surface area contributed by atoms with Crippen LogP contribution in [0.25, 0.3) is 11.1 Å². The van der Waals surface area contributed by atoms with Gasteiger partial charge in [0.15, 0.2) is 0 Å². The minimum Gasteiger partial charge on any atom is -0.326 e. The minimum absolute atomic E-state index is 0.0861. The van der Waals surface area contributed by atoms with Crippen molar-refractivity contribution in [3.8, 4) is 11.1 Å². The van der Waals surface area contributed by atoms with Crippen LogP contribution in [-0.2, 0) is 12.7 Å². The van der Waals surface area contributed by atoms with Crippen LogP contribution in [-0.4, -0.2) is 0 Å². The fourth-order valence-corrected chi connectivity index (χ4v) is 1.89. The summed E-state index contributed by atoms with van der Waals surface area (Å²) in [5.41, 5.74) is 7.64. The molecule has 0 heterocycles. The third kappa shape index (κ3) is 3.15. The summed E-state index contributed by atoms with van der Waals surface area (Å²) in [6.07, 6.45) is -4.36. The van der Waals surface area contributed by atoms with Crippen LogP contribution in [0.1, 0.15) is 16.7 Å². The Labute approximate surface area is 109 Å². The van der Waals surface area contributed by atoms with Gasteiger partial charge in [0.2, 0.25) is 0 Å². The van der Waals surface area contributed by atoms with Crippen LogP contribution < -0.4 is 5.73 Å². The Morgan fingerprint density at radius 1 is 0.947 bits per heavy atom. The van der Waals surface area contributed by atoms with E-state index in [0.717, 1.165) is 23.3 Å². The molecular weight excluding hydrogens is 251 g/mol. The highest BCUT2D eigenvalue weighted by molar-refractivity contribution is 5.65. The van der Waals surface area contributed by atoms with Crippen molar-refractivity contribution in [1.29, 1.82) is 0 Å². The molecule has 0 saturated carbocycles. The highest BCUT2D eigenvalue weighted by Gasteiger charge is 2.31. The van der Waals surface area contributed by atoms with Crippen molar-refractivity contribution in [3.05, 3.63) is 59.2 Å². The molecule has 0 amide bonds. The van der Waals surface area contributed by atoms with Gasteiger partial charge >= 0.3 is 6.18 Å². The lowest BCUT2D eigenvalue weighted by atomic mass is 9.99. The van der Waals surface area contributed by atoms with Gasteiger partial charge in [0.25, 0.3) is 0 Å². The molecule has 0 unspecified atom stereocenters. The van der Waals surface area contributed by atoms with Crippen molar-refractivity contribution >= 4 is 0 Å². The number of benzene rings is 2. The van der Waals surface area contributed by atoms with Crippen molar-refractivity contribution < 1.29 is 13.2 Å². The van der Waals surface area contributed by atoms with Crippen molar-refractivity contribution in [2.45, 2.75) is 19.6 Å². The van der Waals surface area contributed by atoms with Crippen LogP contribution >= 0.6 is 0 Å². The lowest BCUT2D eigenvalue weighted by Crippen LogP contribution is -2.07. The van der Waals surface area contributed by atoms with Crippen LogP contribution in [0.15, 0.2) is 42.5 Å². The third-order valence-electron chi connectivity index (χ3n) is 2.94. The van der Waals surface area contributed by atoms with Crippen LogP contribution in [0.5, 0.6) is 0 Å². The van der Waals surface area contributed by atoms with Crippen LogP contribution in [0, 0.1) is 6.92 Å². The molecule has 0 fully saturated rings. The summed E-state index contributed by atoms with van der Waals surface area (Å²) in [6, 6.07) is 11.3. The Kier molecular flexibility index (Phi) is 3.62. The number of nitrogens with two attached hydrogens (primary N) is 1. The SMILES string of the molecule is Cc1ccc(-c2cc(CN)cc(C(F)(F)F)c2)cc1. The topological polar surface area (TPSA) is 26.0 Å². The van der Waals surface area contributed by atoms with Gasteiger partial charge < -0.3 is 5.73 Å². The van der Waals surface area contributed by atoms with E-state index in [9.17, 15) is 13.2 Å². The summed E-state index contributed by atoms with van der Waals surface area (Å²) in [5, 5.41) is 0. The Morgan fingerprint density at radius 3 is 2.11 bits per heavy atom. The van der Waals surface area contributed by atoms with E-state index in [1.807, 2.05) is 31.2 Å². The maximum absolute atomic E-state index is 12.8. The zero-order valence-corrected chi connectivity index (χ0v) is 10.5. The van der Waals surface area contributed by atoms with Crippen LogP contribution in [0.3, 0.4) is 0 Å². The Morgan fingerprint density at radius 2 is 1.58 bits per heavy atom. The summed E-state index contributed by atoms with van der Waals surface area (Å²) in [5.74, 6) is 0. The highest BCUT2D eigenvalue weighted by Crippen LogP contribution is 2.33. The smallest absolute Gasteiger partial charge is 0.326 e. The second-order valence-corrected chi connectivity index (χ2v) is 4.49. The zero-order chi connectivity index (χ0) is 14.0. The van der Waals surface area contributed by atoms with Gasteiger partial charge in [-0.25, -0.2) is 0 Å². The number of hydrogen-bond acceptors (Lipinski definition) is 1. The molecule has 0 aliphatic rings. The van der Waals surface area contributed by atoms with E-state index in [2.05, 4.69) is 0 Å². The van der Waals surface area contributed by atoms with Gasteiger partial charge in [-0.15, -0.1) is 0 Å². The van der Waals surface area contributed by atoms with Gasteiger partial charge in [0.05, 0.1) is 5.56 Å². The average Bonchev–Trinajstić information content (AvgIpc) is 2.38. The molecular formula is C15H14F3N. The summed E-state index contributed by atoms with van der Waals surface area (Å²) >= 11 is 0. The van der Waals surface area contributed by atoms with E-state index in [1.54, 1.807) is 6.07 Å². The molecule has 2 rings (SSSR count). The first-order valence-corrected chi connectivity index (χ1v) is 5.88. The van der Waals surface area contributed by atoms with Crippen molar-refractivity contribution in [1.82, 2.24) is 0 Å². The second kappa shape index (κ2) is 5.05. The zero-order valence-electron chi connectivity index (χ0n) is 10.5. The lowest BCUT2D eigenvalue weighted by molar-refractivity contribution is -0.137. The first-order valence-electron chi connectivity index (χ1n) is 5.88. The lowest BCUT2D eigenvalue weighted by Gasteiger charge is -2.12. The molecule has 2 aromatic rings. The van der Waals surface area contributed by atoms with Gasteiger partial charge in [0, 0.05) is 6.54 Å². The number of alkyl halides is 3. The molecule has 2 N–H and O–H groups in total. The summed E-state index contributed by atoms with van der Waals surface area (Å²) in [7, 11) is 0. The molecule has 0 radical (unpaired) electrons. The predicted octanol–water partition coefficient (Wildman–Crippen LogP) is 4.14. The summed E-state index contributed by atoms with van der Waals surface area (Å²) in [4.78, 5) is 0. The largest absolute Gasteiger partial charge is 0.416 e. The van der Waals surface area contributed by atoms with E-state index >= 15 is 0 Å². The highest BCUT2D eigenvalue weighted by atomic mass is 19.4. The van der Waals surface area contributed by atoms with Crippen molar-refractivity contribution in [3.63, 3.8) is 0 Å². The van der Waals surface area contributed by atoms with E-state index in [1.165, 1.54) is 0 Å². The first kappa shape index (κ1) is 13.6. The number of aryl methyl sites for hydroxylation is 1. The minimum atomic E-state index is -4.36. The van der Waals surface area contributed by atoms with Crippen molar-refractivity contribution in [2.75, 3.05) is 0 Å². The van der Waals surface area contributed by atoms with Crippen molar-refractivity contribution in [2.24, 2.45) is 5.73 Å². The molecule has 0 aliphatic heterocycles. The molecule has 0 saturated heterocycles. The number of halogens is 3. The normalized spacial score (nSPS) is 11.6. The van der Waals surface area contributed by atoms with E-state index in [-0.39, 0.29) is 6.54 Å². The van der Waals surface area contributed by atoms with Gasteiger partial charge in [-0.1, -0.05) is 29.8 Å². The Hall–Kier alpha value is -1.81. The molecule has 0 spiro atoms. The molecule has 4 heteroatoms. The molecule has 0 aliphatic carbocycles. The Bertz CT molecular complexity index is 571. The molecule has 0 bridgehead atoms. The monoisotopic (exact) mass is 265 g/mol. The number of rotatable bonds is 2. The van der Waals surface area contributed by atoms with Gasteiger partial charge in [-0.3, -0.25) is 0 Å². The Balaban J connectivity index is 2.54. The molecule has 19 heavy (non-hydrogen) atoms.